The van der Waals surface area contributed by atoms with Crippen LogP contribution < -0.4 is 10.1 Å². The molecule has 1 amide bonds. The van der Waals surface area contributed by atoms with Crippen molar-refractivity contribution in [1.82, 2.24) is 24.5 Å². The number of likely N-dealkylation sites (tertiary alicyclic amines) is 1. The first-order valence-electron chi connectivity index (χ1n) is 10.4. The fraction of sp³-hybridized carbons (Fsp3) is 0.429. The van der Waals surface area contributed by atoms with Gasteiger partial charge in [-0.3, -0.25) is 0 Å². The van der Waals surface area contributed by atoms with Crippen LogP contribution in [-0.4, -0.2) is 68.1 Å². The van der Waals surface area contributed by atoms with Crippen molar-refractivity contribution < 1.29 is 27.8 Å². The molecule has 1 saturated heterocycles. The molecular weight excluding hydrogens is 441 g/mol. The van der Waals surface area contributed by atoms with Crippen LogP contribution in [0.1, 0.15) is 25.0 Å². The zero-order chi connectivity index (χ0) is 23.4. The number of nitrogens with zero attached hydrogens (tertiary/aromatic N) is 5. The summed E-state index contributed by atoms with van der Waals surface area (Å²) in [5.74, 6) is 0.587. The van der Waals surface area contributed by atoms with Crippen LogP contribution in [0.4, 0.5) is 23.8 Å². The maximum Gasteiger partial charge on any atom is 0.407 e. The first kappa shape index (κ1) is 21.3. The minimum Gasteiger partial charge on any atom is -0.495 e. The normalized spacial score (nSPS) is 19.6. The van der Waals surface area contributed by atoms with Crippen LogP contribution in [0.5, 0.6) is 5.75 Å². The van der Waals surface area contributed by atoms with E-state index in [2.05, 4.69) is 20.4 Å². The molecule has 174 valence electrons. The number of halogens is 3. The lowest BCUT2D eigenvalue weighted by Gasteiger charge is -2.21. The maximum atomic E-state index is 13.8. The second-order valence-electron chi connectivity index (χ2n) is 8.32. The predicted octanol–water partition coefficient (Wildman–Crippen LogP) is 3.56. The van der Waals surface area contributed by atoms with Gasteiger partial charge in [-0.15, -0.1) is 0 Å². The van der Waals surface area contributed by atoms with Crippen molar-refractivity contribution in [2.75, 3.05) is 25.5 Å². The summed E-state index contributed by atoms with van der Waals surface area (Å²) in [5.41, 5.74) is -0.909. The Kier molecular flexibility index (Phi) is 4.83. The number of imidazole rings is 1. The van der Waals surface area contributed by atoms with Crippen molar-refractivity contribution in [2.24, 2.45) is 0 Å². The standard InChI is InChI=1S/C21H21F3N6O3/c1-33-15-9-17-25-10-14(30(17)28-18(15)20(6-7-20)21(22,23)24)13-3-2-4-16(27-13)26-12-5-8-29(11-12)19(31)32/h2-4,9-10,12H,5-8,11H2,1H3,(H,26,27)(H,31,32)/t12-/m1/s1. The average molecular weight is 462 g/mol. The number of aromatic nitrogens is 4. The van der Waals surface area contributed by atoms with E-state index >= 15 is 0 Å². The van der Waals surface area contributed by atoms with Gasteiger partial charge in [0.25, 0.3) is 0 Å². The van der Waals surface area contributed by atoms with Gasteiger partial charge in [0.2, 0.25) is 0 Å². The van der Waals surface area contributed by atoms with Crippen molar-refractivity contribution in [3.05, 3.63) is 36.2 Å². The highest BCUT2D eigenvalue weighted by atomic mass is 19.4. The highest BCUT2D eigenvalue weighted by Crippen LogP contribution is 2.60. The summed E-state index contributed by atoms with van der Waals surface area (Å²) in [6.07, 6.45) is -3.32. The molecule has 3 aromatic rings. The highest BCUT2D eigenvalue weighted by Gasteiger charge is 2.66. The molecule has 2 N–H and O–H groups in total. The van der Waals surface area contributed by atoms with Crippen molar-refractivity contribution in [2.45, 2.75) is 36.9 Å². The number of carboxylic acid groups (broad SMARTS) is 1. The van der Waals surface area contributed by atoms with E-state index in [1.807, 2.05) is 0 Å². The van der Waals surface area contributed by atoms with Gasteiger partial charge in [-0.2, -0.15) is 18.3 Å². The third-order valence-electron chi connectivity index (χ3n) is 6.25. The topological polar surface area (TPSA) is 105 Å². The van der Waals surface area contributed by atoms with Gasteiger partial charge in [0.1, 0.15) is 28.4 Å². The number of hydrogen-bond acceptors (Lipinski definition) is 6. The van der Waals surface area contributed by atoms with Gasteiger partial charge in [-0.05, 0) is 31.4 Å². The molecule has 4 heterocycles. The number of anilines is 1. The van der Waals surface area contributed by atoms with E-state index in [4.69, 9.17) is 9.84 Å². The lowest BCUT2D eigenvalue weighted by atomic mass is 10.0. The van der Waals surface area contributed by atoms with Crippen LogP contribution in [0.3, 0.4) is 0 Å². The quantitative estimate of drug-likeness (QED) is 0.597. The van der Waals surface area contributed by atoms with Crippen LogP contribution in [0, 0.1) is 0 Å². The van der Waals surface area contributed by atoms with Crippen LogP contribution in [-0.2, 0) is 5.41 Å². The number of pyridine rings is 1. The molecule has 1 aliphatic heterocycles. The average Bonchev–Trinajstić information content (AvgIpc) is 3.30. The first-order valence-corrected chi connectivity index (χ1v) is 10.4. The van der Waals surface area contributed by atoms with E-state index in [1.54, 1.807) is 18.2 Å². The fourth-order valence-electron chi connectivity index (χ4n) is 4.26. The first-order chi connectivity index (χ1) is 15.7. The van der Waals surface area contributed by atoms with Gasteiger partial charge in [0.05, 0.1) is 19.0 Å². The van der Waals surface area contributed by atoms with Gasteiger partial charge in [-0.25, -0.2) is 19.3 Å². The lowest BCUT2D eigenvalue weighted by Crippen LogP contribution is -2.30. The largest absolute Gasteiger partial charge is 0.495 e. The molecule has 3 aromatic heterocycles. The number of rotatable bonds is 5. The molecule has 12 heteroatoms. The summed E-state index contributed by atoms with van der Waals surface area (Å²) in [6, 6.07) is 6.60. The summed E-state index contributed by atoms with van der Waals surface area (Å²) in [6.45, 7) is 0.788. The molecule has 0 radical (unpaired) electrons. The Hall–Kier alpha value is -3.57. The summed E-state index contributed by atoms with van der Waals surface area (Å²) < 4.78 is 48.0. The van der Waals surface area contributed by atoms with Gasteiger partial charge in [-0.1, -0.05) is 6.07 Å². The number of ether oxygens (including phenoxy) is 1. The van der Waals surface area contributed by atoms with Gasteiger partial charge in [0, 0.05) is 25.2 Å². The maximum absolute atomic E-state index is 13.8. The van der Waals surface area contributed by atoms with E-state index in [0.29, 0.717) is 42.4 Å². The SMILES string of the molecule is COc1cc2ncc(-c3cccc(N[C@@H]4CCN(C(=O)O)C4)n3)n2nc1C1(C(F)(F)F)CC1. The molecule has 5 rings (SSSR count). The van der Waals surface area contributed by atoms with Crippen LogP contribution in [0.15, 0.2) is 30.5 Å². The Balaban J connectivity index is 1.49. The summed E-state index contributed by atoms with van der Waals surface area (Å²) in [7, 11) is 1.32. The Labute approximate surface area is 186 Å². The third kappa shape index (κ3) is 3.58. The minimum absolute atomic E-state index is 0.0399. The van der Waals surface area contributed by atoms with Gasteiger partial charge < -0.3 is 20.1 Å². The van der Waals surface area contributed by atoms with E-state index in [0.717, 1.165) is 0 Å². The molecule has 2 fully saturated rings. The molecule has 33 heavy (non-hydrogen) atoms. The Morgan fingerprint density at radius 1 is 1.33 bits per heavy atom. The zero-order valence-electron chi connectivity index (χ0n) is 17.6. The number of alkyl halides is 3. The summed E-state index contributed by atoms with van der Waals surface area (Å²) in [4.78, 5) is 21.3. The molecule has 1 saturated carbocycles. The van der Waals surface area contributed by atoms with Gasteiger partial charge in [0.15, 0.2) is 5.65 Å². The molecule has 0 unspecified atom stereocenters. The molecular formula is C21H21F3N6O3. The third-order valence-corrected chi connectivity index (χ3v) is 6.25. The number of carbonyl (C=O) groups is 1. The number of fused-ring (bicyclic) bond motifs is 1. The van der Waals surface area contributed by atoms with Crippen molar-refractivity contribution >= 4 is 17.6 Å². The van der Waals surface area contributed by atoms with E-state index < -0.39 is 17.7 Å². The van der Waals surface area contributed by atoms with Crippen molar-refractivity contribution in [3.63, 3.8) is 0 Å². The Morgan fingerprint density at radius 2 is 2.12 bits per heavy atom. The van der Waals surface area contributed by atoms with Crippen LogP contribution in [0.25, 0.3) is 17.0 Å². The molecule has 1 atom stereocenters. The van der Waals surface area contributed by atoms with Crippen LogP contribution >= 0.6 is 0 Å². The second-order valence-corrected chi connectivity index (χ2v) is 8.32. The van der Waals surface area contributed by atoms with E-state index in [1.165, 1.54) is 28.8 Å². The molecule has 9 nitrogen and oxygen atoms in total. The number of amides is 1. The van der Waals surface area contributed by atoms with E-state index in [9.17, 15) is 18.0 Å². The minimum atomic E-state index is -4.44. The van der Waals surface area contributed by atoms with Gasteiger partial charge >= 0.3 is 12.3 Å². The monoisotopic (exact) mass is 462 g/mol. The van der Waals surface area contributed by atoms with E-state index in [-0.39, 0.29) is 30.3 Å². The molecule has 0 aromatic carbocycles. The van der Waals surface area contributed by atoms with Crippen molar-refractivity contribution in [1.29, 1.82) is 0 Å². The predicted molar refractivity (Wildman–Crippen MR) is 111 cm³/mol. The smallest absolute Gasteiger partial charge is 0.407 e. The number of nitrogens with one attached hydrogen (secondary N) is 1. The fourth-order valence-corrected chi connectivity index (χ4v) is 4.26. The molecule has 1 aliphatic carbocycles. The lowest BCUT2D eigenvalue weighted by molar-refractivity contribution is -0.162. The van der Waals surface area contributed by atoms with Crippen molar-refractivity contribution in [3.8, 4) is 17.1 Å². The summed E-state index contributed by atoms with van der Waals surface area (Å²) >= 11 is 0. The number of hydrogen-bond donors (Lipinski definition) is 2. The number of methoxy groups -OCH3 is 1. The molecule has 0 bridgehead atoms. The zero-order valence-corrected chi connectivity index (χ0v) is 17.6. The second kappa shape index (κ2) is 7.49. The van der Waals surface area contributed by atoms with Crippen LogP contribution in [0.2, 0.25) is 0 Å². The molecule has 0 spiro atoms. The highest BCUT2D eigenvalue weighted by molar-refractivity contribution is 5.66. The summed E-state index contributed by atoms with van der Waals surface area (Å²) in [5, 5.41) is 16.7. The molecule has 2 aliphatic rings. The Morgan fingerprint density at radius 3 is 2.76 bits per heavy atom. The Bertz CT molecular complexity index is 1220.